The number of aliphatic carboxylic acids is 1. The fourth-order valence-corrected chi connectivity index (χ4v) is 4.47. The fourth-order valence-electron chi connectivity index (χ4n) is 3.63. The van der Waals surface area contributed by atoms with Gasteiger partial charge in [0.25, 0.3) is 0 Å². The van der Waals surface area contributed by atoms with Crippen LogP contribution in [0, 0.1) is 0 Å². The van der Waals surface area contributed by atoms with Gasteiger partial charge in [-0.15, -0.1) is 11.3 Å². The predicted octanol–water partition coefficient (Wildman–Crippen LogP) is 3.19. The molecule has 0 aliphatic carbocycles. The molecular formula is C20H27N3O3S. The third-order valence-electron chi connectivity index (χ3n) is 5.07. The van der Waals surface area contributed by atoms with Crippen molar-refractivity contribution in [1.29, 1.82) is 0 Å². The minimum Gasteiger partial charge on any atom is -0.496 e. The van der Waals surface area contributed by atoms with Crippen LogP contribution in [0.3, 0.4) is 0 Å². The average Bonchev–Trinajstić information content (AvgIpc) is 2.98. The van der Waals surface area contributed by atoms with Gasteiger partial charge in [-0.25, -0.2) is 4.98 Å². The molecule has 1 aromatic carbocycles. The van der Waals surface area contributed by atoms with E-state index in [1.807, 2.05) is 36.2 Å². The smallest absolute Gasteiger partial charge is 0.317 e. The fraction of sp³-hybridized carbons (Fsp3) is 0.500. The van der Waals surface area contributed by atoms with Crippen LogP contribution in [0.15, 0.2) is 29.6 Å². The summed E-state index contributed by atoms with van der Waals surface area (Å²) in [6.45, 7) is 2.94. The number of carboxylic acid groups (broad SMARTS) is 1. The van der Waals surface area contributed by atoms with Gasteiger partial charge >= 0.3 is 5.97 Å². The zero-order valence-electron chi connectivity index (χ0n) is 15.9. The van der Waals surface area contributed by atoms with Crippen molar-refractivity contribution in [2.75, 3.05) is 33.8 Å². The van der Waals surface area contributed by atoms with E-state index in [0.717, 1.165) is 60.9 Å². The van der Waals surface area contributed by atoms with Crippen molar-refractivity contribution in [1.82, 2.24) is 14.8 Å². The minimum absolute atomic E-state index is 0.110. The number of para-hydroxylation sites is 1. The van der Waals surface area contributed by atoms with Gasteiger partial charge in [0.15, 0.2) is 0 Å². The Labute approximate surface area is 164 Å². The molecule has 1 fully saturated rings. The standard InChI is InChI=1S/C20H27N3O3S/c1-22(13-19(24)25)16-6-5-10-23(11-9-16)12-15-14-27-20(21-15)17-7-3-4-8-18(17)26-2/h3-4,7-8,14,16H,5-6,9-13H2,1-2H3,(H,24,25). The summed E-state index contributed by atoms with van der Waals surface area (Å²) in [5.41, 5.74) is 2.11. The van der Waals surface area contributed by atoms with Crippen molar-refractivity contribution in [2.45, 2.75) is 31.8 Å². The molecule has 1 atom stereocenters. The van der Waals surface area contributed by atoms with Crippen LogP contribution >= 0.6 is 11.3 Å². The third-order valence-corrected chi connectivity index (χ3v) is 6.00. The Bertz CT molecular complexity index is 764. The number of benzene rings is 1. The number of hydrogen-bond acceptors (Lipinski definition) is 6. The van der Waals surface area contributed by atoms with E-state index >= 15 is 0 Å². The molecule has 27 heavy (non-hydrogen) atoms. The molecule has 0 bridgehead atoms. The summed E-state index contributed by atoms with van der Waals surface area (Å²) in [6.07, 6.45) is 3.12. The second kappa shape index (κ2) is 9.30. The first-order valence-corrected chi connectivity index (χ1v) is 10.2. The van der Waals surface area contributed by atoms with E-state index in [2.05, 4.69) is 10.3 Å². The molecule has 2 aromatic rings. The van der Waals surface area contributed by atoms with E-state index in [0.29, 0.717) is 6.04 Å². The van der Waals surface area contributed by atoms with E-state index < -0.39 is 5.97 Å². The lowest BCUT2D eigenvalue weighted by Gasteiger charge is -2.25. The lowest BCUT2D eigenvalue weighted by Crippen LogP contribution is -2.36. The quantitative estimate of drug-likeness (QED) is 0.785. The molecule has 1 unspecified atom stereocenters. The van der Waals surface area contributed by atoms with Crippen molar-refractivity contribution in [3.05, 3.63) is 35.3 Å². The second-order valence-electron chi connectivity index (χ2n) is 7.01. The van der Waals surface area contributed by atoms with Crippen molar-refractivity contribution >= 4 is 17.3 Å². The maximum absolute atomic E-state index is 10.9. The SMILES string of the molecule is COc1ccccc1-c1nc(CN2CCCC(N(C)CC(=O)O)CC2)cs1. The number of hydrogen-bond donors (Lipinski definition) is 1. The number of methoxy groups -OCH3 is 1. The zero-order valence-corrected chi connectivity index (χ0v) is 16.7. The summed E-state index contributed by atoms with van der Waals surface area (Å²) >= 11 is 1.65. The van der Waals surface area contributed by atoms with Crippen LogP contribution in [-0.2, 0) is 11.3 Å². The van der Waals surface area contributed by atoms with Crippen LogP contribution in [0.25, 0.3) is 10.6 Å². The Kier molecular flexibility index (Phi) is 6.82. The molecule has 2 heterocycles. The summed E-state index contributed by atoms with van der Waals surface area (Å²) in [7, 11) is 3.59. The van der Waals surface area contributed by atoms with Gasteiger partial charge in [0, 0.05) is 24.5 Å². The van der Waals surface area contributed by atoms with Crippen molar-refractivity contribution in [3.63, 3.8) is 0 Å². The first-order chi connectivity index (χ1) is 13.1. The summed E-state index contributed by atoms with van der Waals surface area (Å²) in [5, 5.41) is 12.1. The van der Waals surface area contributed by atoms with Gasteiger partial charge in [0.05, 0.1) is 24.9 Å². The number of rotatable bonds is 7. The number of nitrogens with zero attached hydrogens (tertiary/aromatic N) is 3. The van der Waals surface area contributed by atoms with Gasteiger partial charge in [-0.3, -0.25) is 14.6 Å². The van der Waals surface area contributed by atoms with Crippen LogP contribution in [0.2, 0.25) is 0 Å². The predicted molar refractivity (Wildman–Crippen MR) is 107 cm³/mol. The van der Waals surface area contributed by atoms with Crippen molar-refractivity contribution in [3.8, 4) is 16.3 Å². The normalized spacial score (nSPS) is 18.4. The van der Waals surface area contributed by atoms with E-state index in [4.69, 9.17) is 14.8 Å². The van der Waals surface area contributed by atoms with Crippen molar-refractivity contribution in [2.24, 2.45) is 0 Å². The van der Waals surface area contributed by atoms with Crippen LogP contribution < -0.4 is 4.74 Å². The molecule has 1 N–H and O–H groups in total. The highest BCUT2D eigenvalue weighted by molar-refractivity contribution is 7.13. The Morgan fingerprint density at radius 1 is 1.37 bits per heavy atom. The number of likely N-dealkylation sites (N-methyl/N-ethyl adjacent to an activating group) is 1. The topological polar surface area (TPSA) is 65.9 Å². The lowest BCUT2D eigenvalue weighted by molar-refractivity contribution is -0.138. The van der Waals surface area contributed by atoms with E-state index in [-0.39, 0.29) is 6.54 Å². The minimum atomic E-state index is -0.759. The molecule has 1 saturated heterocycles. The molecular weight excluding hydrogens is 362 g/mol. The Hall–Kier alpha value is -1.96. The van der Waals surface area contributed by atoms with E-state index in [1.54, 1.807) is 18.4 Å². The number of aromatic nitrogens is 1. The molecule has 0 amide bonds. The molecule has 1 aromatic heterocycles. The summed E-state index contributed by atoms with van der Waals surface area (Å²) in [5.74, 6) is 0.0856. The molecule has 1 aliphatic heterocycles. The highest BCUT2D eigenvalue weighted by Crippen LogP contribution is 2.32. The first-order valence-electron chi connectivity index (χ1n) is 9.29. The largest absolute Gasteiger partial charge is 0.496 e. The number of likely N-dealkylation sites (tertiary alicyclic amines) is 1. The Balaban J connectivity index is 1.60. The van der Waals surface area contributed by atoms with Crippen LogP contribution in [-0.4, -0.2) is 65.7 Å². The van der Waals surface area contributed by atoms with Gasteiger partial charge in [-0.05, 0) is 45.0 Å². The average molecular weight is 390 g/mol. The molecule has 7 heteroatoms. The maximum atomic E-state index is 10.9. The number of thiazole rings is 1. The first kappa shape index (κ1) is 19.8. The van der Waals surface area contributed by atoms with Gasteiger partial charge in [0.2, 0.25) is 0 Å². The van der Waals surface area contributed by atoms with Gasteiger partial charge < -0.3 is 9.84 Å². The van der Waals surface area contributed by atoms with Gasteiger partial charge in [0.1, 0.15) is 10.8 Å². The van der Waals surface area contributed by atoms with Gasteiger partial charge in [-0.2, -0.15) is 0 Å². The highest BCUT2D eigenvalue weighted by Gasteiger charge is 2.22. The van der Waals surface area contributed by atoms with Crippen LogP contribution in [0.1, 0.15) is 25.0 Å². The molecule has 146 valence electrons. The zero-order chi connectivity index (χ0) is 19.2. The highest BCUT2D eigenvalue weighted by atomic mass is 32.1. The molecule has 6 nitrogen and oxygen atoms in total. The number of carboxylic acids is 1. The van der Waals surface area contributed by atoms with E-state index in [9.17, 15) is 4.79 Å². The Morgan fingerprint density at radius 3 is 2.96 bits per heavy atom. The molecule has 1 aliphatic rings. The molecule has 0 saturated carbocycles. The summed E-state index contributed by atoms with van der Waals surface area (Å²) in [6, 6.07) is 8.30. The molecule has 0 radical (unpaired) electrons. The van der Waals surface area contributed by atoms with Crippen LogP contribution in [0.5, 0.6) is 5.75 Å². The maximum Gasteiger partial charge on any atom is 0.317 e. The summed E-state index contributed by atoms with van der Waals surface area (Å²) < 4.78 is 5.45. The lowest BCUT2D eigenvalue weighted by atomic mass is 10.1. The number of ether oxygens (including phenoxy) is 1. The number of carbonyl (C=O) groups is 1. The third kappa shape index (κ3) is 5.28. The second-order valence-corrected chi connectivity index (χ2v) is 7.87. The van der Waals surface area contributed by atoms with E-state index in [1.165, 1.54) is 0 Å². The van der Waals surface area contributed by atoms with Crippen molar-refractivity contribution < 1.29 is 14.6 Å². The monoisotopic (exact) mass is 389 g/mol. The molecule has 3 rings (SSSR count). The molecule has 0 spiro atoms. The van der Waals surface area contributed by atoms with Gasteiger partial charge in [-0.1, -0.05) is 12.1 Å². The van der Waals surface area contributed by atoms with Crippen LogP contribution in [0.4, 0.5) is 0 Å². The Morgan fingerprint density at radius 2 is 2.19 bits per heavy atom. The summed E-state index contributed by atoms with van der Waals surface area (Å²) in [4.78, 5) is 20.1.